The van der Waals surface area contributed by atoms with Gasteiger partial charge in [0.15, 0.2) is 22.4 Å². The number of nitrogens with zero attached hydrogens (tertiary/aromatic N) is 2. The van der Waals surface area contributed by atoms with Gasteiger partial charge in [0.2, 0.25) is 0 Å². The second-order valence-electron chi connectivity index (χ2n) is 6.11. The Labute approximate surface area is 162 Å². The zero-order valence-electron chi connectivity index (χ0n) is 15.1. The first kappa shape index (κ1) is 17.7. The Morgan fingerprint density at radius 3 is 2.67 bits per heavy atom. The lowest BCUT2D eigenvalue weighted by molar-refractivity contribution is 0.102. The van der Waals surface area contributed by atoms with Gasteiger partial charge in [0, 0.05) is 17.7 Å². The van der Waals surface area contributed by atoms with Crippen molar-refractivity contribution in [3.8, 4) is 22.8 Å². The highest BCUT2D eigenvalue weighted by atomic mass is 32.2. The van der Waals surface area contributed by atoms with Gasteiger partial charge in [0.05, 0.1) is 17.6 Å². The number of Topliss-reactive ketones (excluding diaryl/α,β-unsaturated/α-hetero) is 1. The van der Waals surface area contributed by atoms with Gasteiger partial charge < -0.3 is 14.0 Å². The first-order valence-corrected chi connectivity index (χ1v) is 9.91. The number of imidazole rings is 1. The molecule has 27 heavy (non-hydrogen) atoms. The topological polar surface area (TPSA) is 53.4 Å². The van der Waals surface area contributed by atoms with Crippen LogP contribution in [0, 0.1) is 0 Å². The van der Waals surface area contributed by atoms with Crippen molar-refractivity contribution in [3.05, 3.63) is 60.3 Å². The third kappa shape index (κ3) is 3.71. The molecule has 0 saturated carbocycles. The van der Waals surface area contributed by atoms with E-state index in [2.05, 4.69) is 16.5 Å². The van der Waals surface area contributed by atoms with Gasteiger partial charge >= 0.3 is 0 Å². The van der Waals surface area contributed by atoms with Crippen LogP contribution in [-0.2, 0) is 6.54 Å². The summed E-state index contributed by atoms with van der Waals surface area (Å²) in [5.74, 6) is 2.00. The van der Waals surface area contributed by atoms with Gasteiger partial charge in [-0.05, 0) is 25.1 Å². The Kier molecular flexibility index (Phi) is 5.16. The SMILES string of the molecule is CCn1c(-c2ccc3c(c2)OCCO3)cnc1SCC(=O)c1ccccc1. The maximum absolute atomic E-state index is 12.4. The normalized spacial score (nSPS) is 12.8. The maximum atomic E-state index is 12.4. The van der Waals surface area contributed by atoms with Crippen molar-refractivity contribution in [1.82, 2.24) is 9.55 Å². The number of ketones is 1. The summed E-state index contributed by atoms with van der Waals surface area (Å²) in [4.78, 5) is 16.9. The molecule has 2 heterocycles. The highest BCUT2D eigenvalue weighted by Crippen LogP contribution is 2.35. The Morgan fingerprint density at radius 2 is 1.89 bits per heavy atom. The minimum absolute atomic E-state index is 0.104. The highest BCUT2D eigenvalue weighted by Gasteiger charge is 2.17. The molecule has 0 saturated heterocycles. The van der Waals surface area contributed by atoms with E-state index in [1.165, 1.54) is 11.8 Å². The van der Waals surface area contributed by atoms with Crippen LogP contribution in [0.3, 0.4) is 0 Å². The zero-order chi connectivity index (χ0) is 18.6. The minimum atomic E-state index is 0.104. The van der Waals surface area contributed by atoms with Crippen LogP contribution in [0.1, 0.15) is 17.3 Å². The predicted octanol–water partition coefficient (Wildman–Crippen LogP) is 4.32. The van der Waals surface area contributed by atoms with Crippen molar-refractivity contribution in [2.24, 2.45) is 0 Å². The molecule has 1 aromatic heterocycles. The summed E-state index contributed by atoms with van der Waals surface area (Å²) in [5, 5.41) is 0.840. The molecule has 1 aliphatic heterocycles. The van der Waals surface area contributed by atoms with Crippen LogP contribution in [0.5, 0.6) is 11.5 Å². The fraction of sp³-hybridized carbons (Fsp3) is 0.238. The van der Waals surface area contributed by atoms with Gasteiger partial charge in [-0.2, -0.15) is 0 Å². The number of fused-ring (bicyclic) bond motifs is 1. The van der Waals surface area contributed by atoms with Gasteiger partial charge in [-0.3, -0.25) is 4.79 Å². The standard InChI is InChI=1S/C21H20N2O3S/c1-2-23-17(16-8-9-19-20(12-16)26-11-10-25-19)13-22-21(23)27-14-18(24)15-6-4-3-5-7-15/h3-9,12-13H,2,10-11,14H2,1H3. The van der Waals surface area contributed by atoms with Crippen molar-refractivity contribution in [2.75, 3.05) is 19.0 Å². The van der Waals surface area contributed by atoms with Gasteiger partial charge in [0.25, 0.3) is 0 Å². The number of hydrogen-bond acceptors (Lipinski definition) is 5. The lowest BCUT2D eigenvalue weighted by Gasteiger charge is -2.19. The van der Waals surface area contributed by atoms with Gasteiger partial charge in [0.1, 0.15) is 13.2 Å². The Morgan fingerprint density at radius 1 is 1.11 bits per heavy atom. The molecule has 0 spiro atoms. The van der Waals surface area contributed by atoms with Crippen molar-refractivity contribution < 1.29 is 14.3 Å². The van der Waals surface area contributed by atoms with Crippen molar-refractivity contribution >= 4 is 17.5 Å². The average molecular weight is 380 g/mol. The van der Waals surface area contributed by atoms with Crippen molar-refractivity contribution in [1.29, 1.82) is 0 Å². The molecule has 0 radical (unpaired) electrons. The number of carbonyl (C=O) groups excluding carboxylic acids is 1. The van der Waals surface area contributed by atoms with Crippen LogP contribution in [0.4, 0.5) is 0 Å². The van der Waals surface area contributed by atoms with Gasteiger partial charge in [-0.1, -0.05) is 42.1 Å². The summed E-state index contributed by atoms with van der Waals surface area (Å²) < 4.78 is 13.4. The summed E-state index contributed by atoms with van der Waals surface area (Å²) in [6.45, 7) is 3.99. The number of aromatic nitrogens is 2. The molecule has 0 bridgehead atoms. The van der Waals surface area contributed by atoms with E-state index in [9.17, 15) is 4.79 Å². The first-order valence-electron chi connectivity index (χ1n) is 8.93. The molecule has 0 atom stereocenters. The van der Waals surface area contributed by atoms with Crippen LogP contribution in [0.15, 0.2) is 59.9 Å². The first-order chi connectivity index (χ1) is 13.3. The number of benzene rings is 2. The quantitative estimate of drug-likeness (QED) is 0.471. The van der Waals surface area contributed by atoms with E-state index in [1.54, 1.807) is 0 Å². The monoisotopic (exact) mass is 380 g/mol. The highest BCUT2D eigenvalue weighted by molar-refractivity contribution is 7.99. The molecule has 6 heteroatoms. The third-order valence-electron chi connectivity index (χ3n) is 4.40. The molecule has 5 nitrogen and oxygen atoms in total. The Bertz CT molecular complexity index is 953. The van der Waals surface area contributed by atoms with Gasteiger partial charge in [-0.15, -0.1) is 0 Å². The van der Waals surface area contributed by atoms with Crippen molar-refractivity contribution in [2.45, 2.75) is 18.6 Å². The molecule has 0 amide bonds. The van der Waals surface area contributed by atoms with Crippen LogP contribution in [0.25, 0.3) is 11.3 Å². The van der Waals surface area contributed by atoms with E-state index >= 15 is 0 Å². The molecular formula is C21H20N2O3S. The lowest BCUT2D eigenvalue weighted by Crippen LogP contribution is -2.15. The van der Waals surface area contributed by atoms with Crippen LogP contribution in [0.2, 0.25) is 0 Å². The zero-order valence-corrected chi connectivity index (χ0v) is 15.9. The third-order valence-corrected chi connectivity index (χ3v) is 5.39. The summed E-state index contributed by atoms with van der Waals surface area (Å²) in [6.07, 6.45) is 1.85. The molecule has 2 aromatic carbocycles. The lowest BCUT2D eigenvalue weighted by atomic mass is 10.1. The second kappa shape index (κ2) is 7.88. The molecule has 3 aromatic rings. The summed E-state index contributed by atoms with van der Waals surface area (Å²) >= 11 is 1.47. The van der Waals surface area contributed by atoms with E-state index in [0.29, 0.717) is 19.0 Å². The summed E-state index contributed by atoms with van der Waals surface area (Å²) in [7, 11) is 0. The molecule has 0 aliphatic carbocycles. The van der Waals surface area contributed by atoms with E-state index in [4.69, 9.17) is 9.47 Å². The number of thioether (sulfide) groups is 1. The minimum Gasteiger partial charge on any atom is -0.486 e. The molecular weight excluding hydrogens is 360 g/mol. The average Bonchev–Trinajstić information content (AvgIpc) is 3.15. The molecule has 138 valence electrons. The van der Waals surface area contributed by atoms with Crippen LogP contribution >= 0.6 is 11.8 Å². The smallest absolute Gasteiger partial charge is 0.173 e. The molecule has 0 fully saturated rings. The van der Waals surface area contributed by atoms with E-state index in [-0.39, 0.29) is 5.78 Å². The van der Waals surface area contributed by atoms with Crippen LogP contribution in [-0.4, -0.2) is 34.3 Å². The van der Waals surface area contributed by atoms with Gasteiger partial charge in [-0.25, -0.2) is 4.98 Å². The predicted molar refractivity (Wildman–Crippen MR) is 106 cm³/mol. The maximum Gasteiger partial charge on any atom is 0.173 e. The fourth-order valence-corrected chi connectivity index (χ4v) is 3.99. The molecule has 4 rings (SSSR count). The number of carbonyl (C=O) groups is 1. The van der Waals surface area contributed by atoms with Crippen molar-refractivity contribution in [3.63, 3.8) is 0 Å². The number of ether oxygens (including phenoxy) is 2. The molecule has 0 N–H and O–H groups in total. The summed E-state index contributed by atoms with van der Waals surface area (Å²) in [6, 6.07) is 15.3. The molecule has 0 unspecified atom stereocenters. The van der Waals surface area contributed by atoms with E-state index in [0.717, 1.165) is 40.0 Å². The Balaban J connectivity index is 1.54. The number of rotatable bonds is 6. The molecule has 1 aliphatic rings. The number of hydrogen-bond donors (Lipinski definition) is 0. The van der Waals surface area contributed by atoms with E-state index in [1.807, 2.05) is 54.7 Å². The second-order valence-corrected chi connectivity index (χ2v) is 7.05. The Hall–Kier alpha value is -2.73. The summed E-state index contributed by atoms with van der Waals surface area (Å²) in [5.41, 5.74) is 2.76. The van der Waals surface area contributed by atoms with Crippen LogP contribution < -0.4 is 9.47 Å². The largest absolute Gasteiger partial charge is 0.486 e. The fourth-order valence-electron chi connectivity index (χ4n) is 3.05. The van der Waals surface area contributed by atoms with E-state index < -0.39 is 0 Å².